The second-order valence-electron chi connectivity index (χ2n) is 8.83. The minimum Gasteiger partial charge on any atom is -0.345 e. The van der Waals surface area contributed by atoms with E-state index in [0.29, 0.717) is 31.0 Å². The van der Waals surface area contributed by atoms with Crippen molar-refractivity contribution in [3.05, 3.63) is 42.0 Å². The van der Waals surface area contributed by atoms with E-state index in [0.717, 1.165) is 12.0 Å². The third-order valence-electron chi connectivity index (χ3n) is 5.61. The summed E-state index contributed by atoms with van der Waals surface area (Å²) >= 11 is 0. The molecule has 0 saturated carbocycles. The van der Waals surface area contributed by atoms with Crippen LogP contribution in [0.15, 0.2) is 36.4 Å². The average Bonchev–Trinajstić information content (AvgIpc) is 3.25. The molecule has 1 atom stereocenters. The van der Waals surface area contributed by atoms with Crippen molar-refractivity contribution in [1.82, 2.24) is 15.5 Å². The van der Waals surface area contributed by atoms with Crippen molar-refractivity contribution in [2.24, 2.45) is 5.92 Å². The first-order valence-electron chi connectivity index (χ1n) is 13.4. The molecule has 0 bridgehead atoms. The molecule has 10 nitrogen and oxygen atoms in total. The minimum absolute atomic E-state index is 0.0736. The first kappa shape index (κ1) is 33.7. The molecular formula is C28H42BN4O6. The molecule has 0 aliphatic carbocycles. The number of amides is 4. The van der Waals surface area contributed by atoms with Gasteiger partial charge >= 0.3 is 106 Å². The number of ether oxygens (including phenoxy) is 2. The fraction of sp³-hybridized carbons (Fsp3) is 0.536. The topological polar surface area (TPSA) is 126 Å². The number of hydrogen-bond donors (Lipinski definition) is 3. The first-order chi connectivity index (χ1) is 18.7. The van der Waals surface area contributed by atoms with E-state index < -0.39 is 11.9 Å². The molecular weight excluding hydrogens is 499 g/mol. The van der Waals surface area contributed by atoms with Crippen LogP contribution < -0.4 is 16.0 Å². The molecule has 0 spiro atoms. The molecule has 1 heterocycles. The number of nitrogens with zero attached hydrogens (tertiary/aromatic N) is 1. The van der Waals surface area contributed by atoms with E-state index in [1.165, 1.54) is 11.0 Å². The van der Waals surface area contributed by atoms with Crippen molar-refractivity contribution in [2.75, 3.05) is 44.8 Å². The van der Waals surface area contributed by atoms with Gasteiger partial charge < -0.3 is 10.6 Å². The van der Waals surface area contributed by atoms with Gasteiger partial charge in [0.05, 0.1) is 6.54 Å². The number of benzene rings is 1. The number of aryl methyl sites for hydroxylation is 1. The summed E-state index contributed by atoms with van der Waals surface area (Å²) in [7, 11) is 5.69. The quantitative estimate of drug-likeness (QED) is 0.216. The Morgan fingerprint density at radius 2 is 1.59 bits per heavy atom. The van der Waals surface area contributed by atoms with E-state index in [4.69, 9.17) is 17.0 Å². The maximum atomic E-state index is 12.6. The van der Waals surface area contributed by atoms with Crippen LogP contribution in [-0.2, 0) is 35.1 Å². The zero-order chi connectivity index (χ0) is 29.2. The normalized spacial score (nSPS) is 13.1. The standard InChI is InChI=1S/C26H36BN4O6.C2H6/c1-4-19-5-7-20(8-6-19)29-23(33)17-28-26(35)25(18(2)3)30-22(32)11-13-36-15-16-37-14-12-31-21(27)9-10-24(31)34;1-2/h5-10,18,25H,4,11-17H2,1-3H3,(H,28,35)(H,29,33)(H,30,32);1-2H3. The number of rotatable bonds is 16. The van der Waals surface area contributed by atoms with E-state index in [2.05, 4.69) is 16.0 Å². The predicted molar refractivity (Wildman–Crippen MR) is 153 cm³/mol. The van der Waals surface area contributed by atoms with Crippen LogP contribution in [0.5, 0.6) is 0 Å². The molecule has 4 amide bonds. The molecule has 1 aliphatic rings. The maximum absolute atomic E-state index is 12.6. The van der Waals surface area contributed by atoms with Crippen LogP contribution in [0.1, 0.15) is 46.6 Å². The van der Waals surface area contributed by atoms with Gasteiger partial charge in [-0.05, 0) is 30.0 Å². The van der Waals surface area contributed by atoms with Crippen molar-refractivity contribution in [3.8, 4) is 0 Å². The van der Waals surface area contributed by atoms with Crippen LogP contribution in [-0.4, -0.2) is 87.2 Å². The molecule has 3 N–H and O–H groups in total. The molecule has 1 aromatic carbocycles. The van der Waals surface area contributed by atoms with E-state index in [-0.39, 0.29) is 49.8 Å². The van der Waals surface area contributed by atoms with E-state index in [9.17, 15) is 19.2 Å². The summed E-state index contributed by atoms with van der Waals surface area (Å²) in [6.45, 7) is 10.9. The van der Waals surface area contributed by atoms with Gasteiger partial charge in [-0.1, -0.05) is 46.8 Å². The van der Waals surface area contributed by atoms with Crippen LogP contribution in [0.3, 0.4) is 0 Å². The molecule has 2 rings (SSSR count). The van der Waals surface area contributed by atoms with Crippen LogP contribution >= 0.6 is 0 Å². The second kappa shape index (κ2) is 18.9. The number of anilines is 1. The Hall–Kier alpha value is -3.31. The fourth-order valence-corrected chi connectivity index (χ4v) is 3.43. The van der Waals surface area contributed by atoms with E-state index in [1.807, 2.05) is 58.9 Å². The number of carbonyl (C=O) groups is 4. The zero-order valence-corrected chi connectivity index (χ0v) is 23.7. The molecule has 0 aromatic heterocycles. The molecule has 213 valence electrons. The summed E-state index contributed by atoms with van der Waals surface area (Å²) in [6, 6.07) is 6.71. The van der Waals surface area contributed by atoms with Gasteiger partial charge in [-0.15, -0.1) is 0 Å². The van der Waals surface area contributed by atoms with Crippen LogP contribution in [0.4, 0.5) is 5.69 Å². The summed E-state index contributed by atoms with van der Waals surface area (Å²) in [5.74, 6) is -1.46. The van der Waals surface area contributed by atoms with E-state index in [1.54, 1.807) is 6.08 Å². The van der Waals surface area contributed by atoms with Gasteiger partial charge in [0.15, 0.2) is 0 Å². The van der Waals surface area contributed by atoms with E-state index >= 15 is 0 Å². The molecule has 1 unspecified atom stereocenters. The van der Waals surface area contributed by atoms with Gasteiger partial charge in [0.25, 0.3) is 0 Å². The fourth-order valence-electron chi connectivity index (χ4n) is 3.43. The van der Waals surface area contributed by atoms with Crippen LogP contribution in [0.2, 0.25) is 0 Å². The van der Waals surface area contributed by atoms with Gasteiger partial charge in [-0.25, -0.2) is 0 Å². The summed E-state index contributed by atoms with van der Waals surface area (Å²) in [5.41, 5.74) is 2.21. The first-order valence-corrected chi connectivity index (χ1v) is 13.4. The number of carbonyl (C=O) groups excluding carboxylic acids is 4. The van der Waals surface area contributed by atoms with Gasteiger partial charge in [0.2, 0.25) is 11.8 Å². The molecule has 0 saturated heterocycles. The Morgan fingerprint density at radius 1 is 0.949 bits per heavy atom. The molecule has 11 heteroatoms. The second-order valence-corrected chi connectivity index (χ2v) is 8.83. The van der Waals surface area contributed by atoms with Crippen molar-refractivity contribution in [3.63, 3.8) is 0 Å². The molecule has 1 aromatic rings. The molecule has 1 aliphatic heterocycles. The van der Waals surface area contributed by atoms with Crippen molar-refractivity contribution in [1.29, 1.82) is 0 Å². The summed E-state index contributed by atoms with van der Waals surface area (Å²) in [4.78, 5) is 50.0. The van der Waals surface area contributed by atoms with Gasteiger partial charge in [0, 0.05) is 5.69 Å². The molecule has 39 heavy (non-hydrogen) atoms. The Labute approximate surface area is 232 Å². The minimum atomic E-state index is -0.778. The summed E-state index contributed by atoms with van der Waals surface area (Å²) < 4.78 is 10.8. The van der Waals surface area contributed by atoms with Crippen molar-refractivity contribution >= 4 is 42.4 Å². The van der Waals surface area contributed by atoms with Gasteiger partial charge in [-0.3, -0.25) is 9.59 Å². The SMILES string of the molecule is CC.[B]=C1C=CC(=O)N1CCOCCOCCC(=O)NC(C(=O)NCC(=O)Nc1ccc(CC)cc1)C(C)C. The Kier molecular flexibility index (Phi) is 16.3. The van der Waals surface area contributed by atoms with Crippen LogP contribution in [0.25, 0.3) is 0 Å². The van der Waals surface area contributed by atoms with Crippen molar-refractivity contribution in [2.45, 2.75) is 53.5 Å². The Bertz CT molecular complexity index is 963. The summed E-state index contributed by atoms with van der Waals surface area (Å²) in [5, 5.41) is 8.02. The smallest absolute Gasteiger partial charge is 0.345 e. The zero-order valence-electron chi connectivity index (χ0n) is 23.7. The third-order valence-corrected chi connectivity index (χ3v) is 5.61. The number of hydrogen-bond acceptors (Lipinski definition) is 6. The molecule has 0 fully saturated rings. The number of nitrogens with one attached hydrogen (secondary N) is 3. The monoisotopic (exact) mass is 541 g/mol. The Morgan fingerprint density at radius 3 is 2.15 bits per heavy atom. The van der Waals surface area contributed by atoms with Gasteiger partial charge in [0.1, 0.15) is 6.04 Å². The average molecular weight is 541 g/mol. The van der Waals surface area contributed by atoms with Gasteiger partial charge in [-0.2, -0.15) is 0 Å². The predicted octanol–water partition coefficient (Wildman–Crippen LogP) is 1.59. The third kappa shape index (κ3) is 12.9. The summed E-state index contributed by atoms with van der Waals surface area (Å²) in [6.07, 6.45) is 3.93. The van der Waals surface area contributed by atoms with Crippen LogP contribution in [0, 0.1) is 5.92 Å². The molecule has 1 radical (unpaired) electrons. The Balaban J connectivity index is 0.00000371. The van der Waals surface area contributed by atoms with Crippen molar-refractivity contribution < 1.29 is 28.7 Å².